The fraction of sp³-hybridized carbons (Fsp3) is 0.130. The average molecular weight is 472 g/mol. The van der Waals surface area contributed by atoms with Gasteiger partial charge in [-0.25, -0.2) is 0 Å². The van der Waals surface area contributed by atoms with Crippen LogP contribution in [0, 0.1) is 6.92 Å². The first-order valence-corrected chi connectivity index (χ1v) is 12.1. The summed E-state index contributed by atoms with van der Waals surface area (Å²) in [6.07, 6.45) is 0. The summed E-state index contributed by atoms with van der Waals surface area (Å²) in [5.74, 6) is 2.33. The van der Waals surface area contributed by atoms with Gasteiger partial charge < -0.3 is 0 Å². The number of hydrogen-bond donors (Lipinski definition) is 0. The minimum Gasteiger partial charge on any atom is -0.273 e. The van der Waals surface area contributed by atoms with E-state index in [1.807, 2.05) is 30.3 Å². The van der Waals surface area contributed by atoms with Crippen molar-refractivity contribution in [1.29, 1.82) is 0 Å². The first-order valence-electron chi connectivity index (χ1n) is 9.36. The molecular weight excluding hydrogens is 453 g/mol. The Hall–Kier alpha value is -1.92. The maximum Gasteiger partial charge on any atom is 0.196 e. The molecule has 4 rings (SSSR count). The van der Waals surface area contributed by atoms with Gasteiger partial charge in [-0.2, -0.15) is 0 Å². The first kappa shape index (κ1) is 21.3. The van der Waals surface area contributed by atoms with Crippen LogP contribution in [0.4, 0.5) is 0 Å². The SMILES string of the molecule is Cc1ccc(SCc2nnc(SCc3ccc(Cl)cc3Cl)n2-c2ccccc2)cc1. The smallest absolute Gasteiger partial charge is 0.196 e. The molecule has 30 heavy (non-hydrogen) atoms. The molecule has 0 bridgehead atoms. The number of aryl methyl sites for hydroxylation is 1. The van der Waals surface area contributed by atoms with E-state index in [1.165, 1.54) is 10.5 Å². The highest BCUT2D eigenvalue weighted by molar-refractivity contribution is 7.98. The van der Waals surface area contributed by atoms with E-state index < -0.39 is 0 Å². The number of nitrogens with zero attached hydrogens (tertiary/aromatic N) is 3. The number of benzene rings is 3. The van der Waals surface area contributed by atoms with Gasteiger partial charge in [-0.1, -0.05) is 76.9 Å². The summed E-state index contributed by atoms with van der Waals surface area (Å²) < 4.78 is 2.12. The van der Waals surface area contributed by atoms with Gasteiger partial charge in [0.25, 0.3) is 0 Å². The van der Waals surface area contributed by atoms with Crippen LogP contribution in [0.1, 0.15) is 17.0 Å². The van der Waals surface area contributed by atoms with Crippen molar-refractivity contribution in [3.05, 3.63) is 99.8 Å². The second-order valence-corrected chi connectivity index (χ2v) is 9.53. The van der Waals surface area contributed by atoms with E-state index in [2.05, 4.69) is 58.1 Å². The highest BCUT2D eigenvalue weighted by Crippen LogP contribution is 2.31. The van der Waals surface area contributed by atoms with Crippen LogP contribution in [0.15, 0.2) is 82.8 Å². The molecule has 0 saturated heterocycles. The summed E-state index contributed by atoms with van der Waals surface area (Å²) in [6.45, 7) is 2.09. The molecule has 0 aliphatic heterocycles. The highest BCUT2D eigenvalue weighted by atomic mass is 35.5. The third kappa shape index (κ3) is 5.22. The molecule has 1 aromatic heterocycles. The van der Waals surface area contributed by atoms with Crippen LogP contribution >= 0.6 is 46.7 Å². The van der Waals surface area contributed by atoms with Gasteiger partial charge in [0.15, 0.2) is 5.16 Å². The Balaban J connectivity index is 1.58. The number of thioether (sulfide) groups is 2. The van der Waals surface area contributed by atoms with Crippen LogP contribution in [0.3, 0.4) is 0 Å². The molecule has 152 valence electrons. The Bertz CT molecular complexity index is 1130. The van der Waals surface area contributed by atoms with Gasteiger partial charge in [-0.05, 0) is 48.9 Å². The van der Waals surface area contributed by atoms with Gasteiger partial charge in [-0.3, -0.25) is 4.57 Å². The molecule has 0 spiro atoms. The third-order valence-electron chi connectivity index (χ3n) is 4.48. The summed E-state index contributed by atoms with van der Waals surface area (Å²) in [7, 11) is 0. The van der Waals surface area contributed by atoms with Gasteiger partial charge in [0.2, 0.25) is 0 Å². The van der Waals surface area contributed by atoms with Crippen molar-refractivity contribution in [2.45, 2.75) is 28.5 Å². The number of halogens is 2. The normalized spacial score (nSPS) is 11.0. The van der Waals surface area contributed by atoms with E-state index in [0.717, 1.165) is 28.0 Å². The minimum atomic E-state index is 0.636. The Morgan fingerprint density at radius 3 is 2.33 bits per heavy atom. The van der Waals surface area contributed by atoms with Crippen LogP contribution in [-0.2, 0) is 11.5 Å². The molecule has 0 unspecified atom stereocenters. The quantitative estimate of drug-likeness (QED) is 0.261. The highest BCUT2D eigenvalue weighted by Gasteiger charge is 2.15. The molecule has 4 aromatic rings. The summed E-state index contributed by atoms with van der Waals surface area (Å²) in [6, 6.07) is 24.3. The van der Waals surface area contributed by atoms with E-state index in [9.17, 15) is 0 Å². The molecule has 0 aliphatic rings. The maximum atomic E-state index is 6.34. The molecule has 0 aliphatic carbocycles. The Morgan fingerprint density at radius 2 is 1.60 bits per heavy atom. The van der Waals surface area contributed by atoms with Crippen molar-refractivity contribution in [3.8, 4) is 5.69 Å². The summed E-state index contributed by atoms with van der Waals surface area (Å²) in [5, 5.41) is 11.1. The van der Waals surface area contributed by atoms with Crippen molar-refractivity contribution < 1.29 is 0 Å². The molecule has 0 atom stereocenters. The zero-order chi connectivity index (χ0) is 20.9. The zero-order valence-electron chi connectivity index (χ0n) is 16.3. The second kappa shape index (κ2) is 9.92. The van der Waals surface area contributed by atoms with Crippen molar-refractivity contribution in [2.24, 2.45) is 0 Å². The minimum absolute atomic E-state index is 0.636. The molecule has 0 fully saturated rings. The number of rotatable bonds is 7. The molecule has 0 amide bonds. The van der Waals surface area contributed by atoms with Crippen molar-refractivity contribution >= 4 is 46.7 Å². The lowest BCUT2D eigenvalue weighted by Crippen LogP contribution is -2.02. The number of aromatic nitrogens is 3. The average Bonchev–Trinajstić information content (AvgIpc) is 3.16. The topological polar surface area (TPSA) is 30.7 Å². The van der Waals surface area contributed by atoms with Crippen LogP contribution in [-0.4, -0.2) is 14.8 Å². The fourth-order valence-corrected chi connectivity index (χ4v) is 5.23. The van der Waals surface area contributed by atoms with Crippen LogP contribution in [0.5, 0.6) is 0 Å². The van der Waals surface area contributed by atoms with Crippen LogP contribution in [0.2, 0.25) is 10.0 Å². The largest absolute Gasteiger partial charge is 0.273 e. The molecular formula is C23H19Cl2N3S2. The standard InChI is InChI=1S/C23H19Cl2N3S2/c1-16-7-11-20(12-8-16)29-15-22-26-27-23(28(22)19-5-3-2-4-6-19)30-14-17-9-10-18(24)13-21(17)25/h2-13H,14-15H2,1H3. The monoisotopic (exact) mass is 471 g/mol. The molecule has 0 radical (unpaired) electrons. The molecule has 7 heteroatoms. The molecule has 1 heterocycles. The van der Waals surface area contributed by atoms with Crippen LogP contribution in [0.25, 0.3) is 5.69 Å². The third-order valence-corrected chi connectivity index (χ3v) is 7.05. The summed E-state index contributed by atoms with van der Waals surface area (Å²) >= 11 is 15.7. The number of hydrogen-bond acceptors (Lipinski definition) is 4. The Kier molecular flexibility index (Phi) is 7.05. The van der Waals surface area contributed by atoms with Gasteiger partial charge in [0.05, 0.1) is 5.75 Å². The van der Waals surface area contributed by atoms with Gasteiger partial charge in [-0.15, -0.1) is 22.0 Å². The predicted octanol–water partition coefficient (Wildman–Crippen LogP) is 7.47. The van der Waals surface area contributed by atoms with E-state index in [0.29, 0.717) is 15.8 Å². The summed E-state index contributed by atoms with van der Waals surface area (Å²) in [5.41, 5.74) is 3.32. The maximum absolute atomic E-state index is 6.34. The lowest BCUT2D eigenvalue weighted by molar-refractivity contribution is 0.864. The number of para-hydroxylation sites is 1. The van der Waals surface area contributed by atoms with Gasteiger partial charge in [0, 0.05) is 26.4 Å². The fourth-order valence-electron chi connectivity index (χ4n) is 2.89. The van der Waals surface area contributed by atoms with E-state index in [-0.39, 0.29) is 0 Å². The zero-order valence-corrected chi connectivity index (χ0v) is 19.4. The van der Waals surface area contributed by atoms with Crippen molar-refractivity contribution in [3.63, 3.8) is 0 Å². The molecule has 0 N–H and O–H groups in total. The molecule has 3 aromatic carbocycles. The first-order chi connectivity index (χ1) is 14.6. The van der Waals surface area contributed by atoms with Crippen LogP contribution < -0.4 is 0 Å². The van der Waals surface area contributed by atoms with Crippen molar-refractivity contribution in [1.82, 2.24) is 14.8 Å². The Morgan fingerprint density at radius 1 is 0.833 bits per heavy atom. The summed E-state index contributed by atoms with van der Waals surface area (Å²) in [4.78, 5) is 1.21. The van der Waals surface area contributed by atoms with E-state index >= 15 is 0 Å². The van der Waals surface area contributed by atoms with E-state index in [1.54, 1.807) is 29.6 Å². The second-order valence-electron chi connectivity index (χ2n) is 6.70. The lowest BCUT2D eigenvalue weighted by atomic mass is 10.2. The Labute approximate surface area is 194 Å². The lowest BCUT2D eigenvalue weighted by Gasteiger charge is -2.11. The van der Waals surface area contributed by atoms with E-state index in [4.69, 9.17) is 23.2 Å². The van der Waals surface area contributed by atoms with Gasteiger partial charge >= 0.3 is 0 Å². The predicted molar refractivity (Wildman–Crippen MR) is 128 cm³/mol. The van der Waals surface area contributed by atoms with Gasteiger partial charge in [0.1, 0.15) is 5.82 Å². The molecule has 0 saturated carbocycles. The van der Waals surface area contributed by atoms with Crippen molar-refractivity contribution in [2.75, 3.05) is 0 Å². The molecule has 3 nitrogen and oxygen atoms in total.